The molecule has 0 aromatic heterocycles. The smallest absolute Gasteiger partial charge is 0.0878 e. The number of hydrogen-bond donors (Lipinski definition) is 1. The van der Waals surface area contributed by atoms with Crippen molar-refractivity contribution in [1.82, 2.24) is 0 Å². The first kappa shape index (κ1) is 14.5. The molecule has 1 aliphatic heterocycles. The van der Waals surface area contributed by atoms with E-state index >= 15 is 0 Å². The average Bonchev–Trinajstić information content (AvgIpc) is 2.43. The summed E-state index contributed by atoms with van der Waals surface area (Å²) in [6, 6.07) is 0. The summed E-state index contributed by atoms with van der Waals surface area (Å²) in [4.78, 5) is 0. The Bertz CT molecular complexity index is 390. The van der Waals surface area contributed by atoms with Crippen LogP contribution in [0.5, 0.6) is 0 Å². The summed E-state index contributed by atoms with van der Waals surface area (Å²) in [5.41, 5.74) is 2.49. The van der Waals surface area contributed by atoms with E-state index in [1.54, 1.807) is 0 Å². The maximum absolute atomic E-state index is 9.81. The van der Waals surface area contributed by atoms with Gasteiger partial charge in [-0.25, -0.2) is 0 Å². The molecule has 1 heterocycles. The maximum atomic E-state index is 9.81. The van der Waals surface area contributed by atoms with Crippen molar-refractivity contribution in [1.29, 1.82) is 0 Å². The van der Waals surface area contributed by atoms with Crippen LogP contribution in [-0.2, 0) is 4.74 Å². The highest BCUT2D eigenvalue weighted by Crippen LogP contribution is 2.40. The van der Waals surface area contributed by atoms with Crippen LogP contribution in [0.25, 0.3) is 0 Å². The van der Waals surface area contributed by atoms with E-state index in [4.69, 9.17) is 4.74 Å². The molecule has 2 aliphatic rings. The highest BCUT2D eigenvalue weighted by atomic mass is 16.5. The lowest BCUT2D eigenvalue weighted by Gasteiger charge is -2.40. The van der Waals surface area contributed by atoms with E-state index in [0.29, 0.717) is 0 Å². The third kappa shape index (κ3) is 3.58. The fourth-order valence-corrected chi connectivity index (χ4v) is 3.00. The molecule has 19 heavy (non-hydrogen) atoms. The van der Waals surface area contributed by atoms with Gasteiger partial charge >= 0.3 is 0 Å². The van der Waals surface area contributed by atoms with Gasteiger partial charge in [0, 0.05) is 6.61 Å². The molecule has 2 rings (SSSR count). The largest absolute Gasteiger partial charge is 0.393 e. The molecule has 0 aromatic rings. The molecular weight excluding hydrogens is 236 g/mol. The summed E-state index contributed by atoms with van der Waals surface area (Å²) in [6.07, 6.45) is 10.8. The fraction of sp³-hybridized carbons (Fsp3) is 0.647. The third-order valence-corrected chi connectivity index (χ3v) is 4.25. The Labute approximate surface area is 116 Å². The van der Waals surface area contributed by atoms with Gasteiger partial charge in [-0.15, -0.1) is 0 Å². The number of hydrogen-bond acceptors (Lipinski definition) is 2. The molecule has 1 fully saturated rings. The Kier molecular flexibility index (Phi) is 4.64. The van der Waals surface area contributed by atoms with Crippen LogP contribution in [0.3, 0.4) is 0 Å². The zero-order valence-electron chi connectivity index (χ0n) is 12.2. The SMILES string of the molecule is C=C1CC[C@H](O)C/C=C\C=C1[C@H]1OCCCC1(C)C. The monoisotopic (exact) mass is 262 g/mol. The number of rotatable bonds is 1. The summed E-state index contributed by atoms with van der Waals surface area (Å²) in [7, 11) is 0. The molecule has 2 atom stereocenters. The van der Waals surface area contributed by atoms with Crippen molar-refractivity contribution in [3.63, 3.8) is 0 Å². The van der Waals surface area contributed by atoms with E-state index < -0.39 is 0 Å². The molecule has 0 bridgehead atoms. The second kappa shape index (κ2) is 6.06. The number of aliphatic hydroxyl groups excluding tert-OH is 1. The van der Waals surface area contributed by atoms with Crippen molar-refractivity contribution in [2.24, 2.45) is 5.41 Å². The summed E-state index contributed by atoms with van der Waals surface area (Å²) >= 11 is 0. The molecule has 2 nitrogen and oxygen atoms in total. The highest BCUT2D eigenvalue weighted by molar-refractivity contribution is 5.37. The molecule has 0 amide bonds. The molecule has 0 spiro atoms. The van der Waals surface area contributed by atoms with Crippen LogP contribution < -0.4 is 0 Å². The predicted octanol–water partition coefficient (Wildman–Crippen LogP) is 3.78. The molecular formula is C17H26O2. The number of aliphatic hydroxyl groups is 1. The zero-order chi connectivity index (χ0) is 13.9. The van der Waals surface area contributed by atoms with Crippen molar-refractivity contribution in [3.8, 4) is 0 Å². The van der Waals surface area contributed by atoms with E-state index in [-0.39, 0.29) is 17.6 Å². The first-order valence-electron chi connectivity index (χ1n) is 7.35. The van der Waals surface area contributed by atoms with Gasteiger partial charge in [-0.3, -0.25) is 0 Å². The quantitative estimate of drug-likeness (QED) is 0.779. The Morgan fingerprint density at radius 1 is 1.42 bits per heavy atom. The summed E-state index contributed by atoms with van der Waals surface area (Å²) in [6.45, 7) is 9.61. The van der Waals surface area contributed by atoms with E-state index in [1.165, 1.54) is 12.0 Å². The predicted molar refractivity (Wildman–Crippen MR) is 79.0 cm³/mol. The summed E-state index contributed by atoms with van der Waals surface area (Å²) < 4.78 is 6.04. The van der Waals surface area contributed by atoms with E-state index in [9.17, 15) is 5.11 Å². The third-order valence-electron chi connectivity index (χ3n) is 4.25. The molecule has 0 aromatic carbocycles. The molecule has 1 N–H and O–H groups in total. The minimum atomic E-state index is -0.249. The van der Waals surface area contributed by atoms with Gasteiger partial charge in [-0.1, -0.05) is 38.7 Å². The molecule has 0 radical (unpaired) electrons. The lowest BCUT2D eigenvalue weighted by atomic mass is 9.75. The van der Waals surface area contributed by atoms with Crippen molar-refractivity contribution >= 4 is 0 Å². The van der Waals surface area contributed by atoms with Gasteiger partial charge in [-0.05, 0) is 48.7 Å². The Balaban J connectivity index is 2.22. The fourth-order valence-electron chi connectivity index (χ4n) is 3.00. The van der Waals surface area contributed by atoms with Crippen LogP contribution in [0.15, 0.2) is 36.0 Å². The zero-order valence-corrected chi connectivity index (χ0v) is 12.2. The second-order valence-electron chi connectivity index (χ2n) is 6.42. The molecule has 106 valence electrons. The van der Waals surface area contributed by atoms with Crippen LogP contribution in [-0.4, -0.2) is 23.9 Å². The van der Waals surface area contributed by atoms with E-state index in [1.807, 2.05) is 12.2 Å². The van der Waals surface area contributed by atoms with Gasteiger partial charge in [0.1, 0.15) is 0 Å². The topological polar surface area (TPSA) is 29.5 Å². The number of allylic oxidation sites excluding steroid dienone is 2. The van der Waals surface area contributed by atoms with Gasteiger partial charge in [0.15, 0.2) is 0 Å². The normalized spacial score (nSPS) is 33.8. The van der Waals surface area contributed by atoms with Gasteiger partial charge < -0.3 is 9.84 Å². The van der Waals surface area contributed by atoms with Crippen LogP contribution in [0.1, 0.15) is 46.0 Å². The van der Waals surface area contributed by atoms with Crippen molar-refractivity contribution in [3.05, 3.63) is 36.0 Å². The molecule has 2 heteroatoms. The molecule has 1 aliphatic carbocycles. The summed E-state index contributed by atoms with van der Waals surface area (Å²) in [5.74, 6) is 0. The van der Waals surface area contributed by atoms with Crippen molar-refractivity contribution < 1.29 is 9.84 Å². The minimum absolute atomic E-state index is 0.133. The molecule has 0 unspecified atom stereocenters. The van der Waals surface area contributed by atoms with E-state index in [2.05, 4.69) is 26.5 Å². The summed E-state index contributed by atoms with van der Waals surface area (Å²) in [5, 5.41) is 9.81. The van der Waals surface area contributed by atoms with Crippen molar-refractivity contribution in [2.75, 3.05) is 6.61 Å². The maximum Gasteiger partial charge on any atom is 0.0878 e. The van der Waals surface area contributed by atoms with Gasteiger partial charge in [0.05, 0.1) is 12.2 Å². The van der Waals surface area contributed by atoms with Crippen LogP contribution in [0, 0.1) is 5.41 Å². The first-order valence-corrected chi connectivity index (χ1v) is 7.35. The number of ether oxygens (including phenoxy) is 1. The van der Waals surface area contributed by atoms with Gasteiger partial charge in [0.25, 0.3) is 0 Å². The van der Waals surface area contributed by atoms with Crippen molar-refractivity contribution in [2.45, 2.75) is 58.2 Å². The Morgan fingerprint density at radius 2 is 2.21 bits per heavy atom. The standard InChI is InChI=1S/C17H26O2/c1-13-9-10-14(18)7-4-5-8-15(13)16-17(2,3)11-6-12-19-16/h4-5,8,14,16,18H,1,6-7,9-12H2,2-3H3/b5-4-,15-8?/t14-,16-/m1/s1. The lowest BCUT2D eigenvalue weighted by Crippen LogP contribution is -2.38. The first-order chi connectivity index (χ1) is 9.00. The lowest BCUT2D eigenvalue weighted by molar-refractivity contribution is -0.0439. The van der Waals surface area contributed by atoms with Gasteiger partial charge in [0.2, 0.25) is 0 Å². The second-order valence-corrected chi connectivity index (χ2v) is 6.42. The minimum Gasteiger partial charge on any atom is -0.393 e. The van der Waals surface area contributed by atoms with Gasteiger partial charge in [-0.2, -0.15) is 0 Å². The Morgan fingerprint density at radius 3 is 2.95 bits per heavy atom. The average molecular weight is 262 g/mol. The van der Waals surface area contributed by atoms with E-state index in [0.717, 1.165) is 37.9 Å². The van der Waals surface area contributed by atoms with Crippen LogP contribution in [0.4, 0.5) is 0 Å². The molecule has 0 saturated carbocycles. The molecule has 1 saturated heterocycles. The highest BCUT2D eigenvalue weighted by Gasteiger charge is 2.36. The van der Waals surface area contributed by atoms with Crippen LogP contribution in [0.2, 0.25) is 0 Å². The van der Waals surface area contributed by atoms with Crippen LogP contribution >= 0.6 is 0 Å². The Hall–Kier alpha value is -0.860.